The van der Waals surface area contributed by atoms with E-state index < -0.39 is 11.6 Å². The fourth-order valence-electron chi connectivity index (χ4n) is 3.80. The van der Waals surface area contributed by atoms with Gasteiger partial charge >= 0.3 is 6.03 Å². The Hall–Kier alpha value is -4.21. The summed E-state index contributed by atoms with van der Waals surface area (Å²) in [4.78, 5) is 27.4. The number of nitrogens with one attached hydrogen (secondary N) is 2. The standard InChI is InChI=1S/C23H20F2N6O2/c24-15-11-18-20(13-28-22(18)19(25)12-15)29-23(32)31-9-7-30(8-10-31)16-1-3-17(4-2-16)33-21-14-26-5-6-27-21/h1-6,11-14,28H,7-10H2,(H,29,32). The lowest BCUT2D eigenvalue weighted by molar-refractivity contribution is 0.208. The zero-order valence-electron chi connectivity index (χ0n) is 17.5. The van der Waals surface area contributed by atoms with E-state index in [0.29, 0.717) is 48.9 Å². The largest absolute Gasteiger partial charge is 0.438 e. The van der Waals surface area contributed by atoms with Crippen LogP contribution >= 0.6 is 0 Å². The molecule has 0 unspecified atom stereocenters. The third-order valence-electron chi connectivity index (χ3n) is 5.48. The second-order valence-electron chi connectivity index (χ2n) is 7.56. The number of aromatic nitrogens is 3. The van der Waals surface area contributed by atoms with Gasteiger partial charge in [-0.1, -0.05) is 0 Å². The number of hydrogen-bond donors (Lipinski definition) is 2. The van der Waals surface area contributed by atoms with Crippen LogP contribution in [-0.2, 0) is 0 Å². The highest BCUT2D eigenvalue weighted by Gasteiger charge is 2.22. The zero-order valence-corrected chi connectivity index (χ0v) is 17.5. The highest BCUT2D eigenvalue weighted by Crippen LogP contribution is 2.27. The number of amides is 2. The van der Waals surface area contributed by atoms with Crippen LogP contribution < -0.4 is 15.0 Å². The molecule has 10 heteroatoms. The van der Waals surface area contributed by atoms with Crippen LogP contribution in [0.2, 0.25) is 0 Å². The number of anilines is 2. The molecule has 1 fully saturated rings. The topological polar surface area (TPSA) is 86.4 Å². The van der Waals surface area contributed by atoms with E-state index in [0.717, 1.165) is 11.8 Å². The van der Waals surface area contributed by atoms with Crippen molar-refractivity contribution < 1.29 is 18.3 Å². The molecule has 2 amide bonds. The Bertz CT molecular complexity index is 1270. The molecule has 8 nitrogen and oxygen atoms in total. The molecule has 0 radical (unpaired) electrons. The van der Waals surface area contributed by atoms with Gasteiger partial charge in [0.25, 0.3) is 0 Å². The average Bonchev–Trinajstić information content (AvgIpc) is 3.23. The van der Waals surface area contributed by atoms with Crippen LogP contribution in [0.4, 0.5) is 25.0 Å². The number of urea groups is 1. The van der Waals surface area contributed by atoms with Gasteiger partial charge in [-0.15, -0.1) is 0 Å². The van der Waals surface area contributed by atoms with Crippen LogP contribution in [0.3, 0.4) is 0 Å². The number of carbonyl (C=O) groups is 1. The average molecular weight is 450 g/mol. The lowest BCUT2D eigenvalue weighted by Gasteiger charge is -2.36. The molecule has 2 aromatic heterocycles. The fraction of sp³-hybridized carbons (Fsp3) is 0.174. The Kier molecular flexibility index (Phi) is 5.47. The van der Waals surface area contributed by atoms with Gasteiger partial charge in [0.1, 0.15) is 17.4 Å². The molecular formula is C23H20F2N6O2. The van der Waals surface area contributed by atoms with Crippen LogP contribution in [0.5, 0.6) is 11.6 Å². The van der Waals surface area contributed by atoms with E-state index in [1.165, 1.54) is 12.3 Å². The van der Waals surface area contributed by atoms with Gasteiger partial charge in [0.2, 0.25) is 5.88 Å². The summed E-state index contributed by atoms with van der Waals surface area (Å²) < 4.78 is 33.1. The smallest absolute Gasteiger partial charge is 0.322 e. The summed E-state index contributed by atoms with van der Waals surface area (Å²) in [6.45, 7) is 2.31. The van der Waals surface area contributed by atoms with Crippen LogP contribution in [0.25, 0.3) is 10.9 Å². The summed E-state index contributed by atoms with van der Waals surface area (Å²) >= 11 is 0. The second kappa shape index (κ2) is 8.73. The van der Waals surface area contributed by atoms with Crippen molar-refractivity contribution >= 4 is 28.3 Å². The summed E-state index contributed by atoms with van der Waals surface area (Å²) in [6.07, 6.45) is 6.15. The number of halogens is 2. The molecular weight excluding hydrogens is 430 g/mol. The Labute approximate surface area is 187 Å². The molecule has 0 bridgehead atoms. The third-order valence-corrected chi connectivity index (χ3v) is 5.48. The molecule has 33 heavy (non-hydrogen) atoms. The maximum absolute atomic E-state index is 13.9. The number of H-pyrrole nitrogens is 1. The normalized spacial score (nSPS) is 13.9. The first-order chi connectivity index (χ1) is 16.1. The maximum atomic E-state index is 13.9. The number of nitrogens with zero attached hydrogens (tertiary/aromatic N) is 4. The first-order valence-corrected chi connectivity index (χ1v) is 10.4. The lowest BCUT2D eigenvalue weighted by atomic mass is 10.2. The fourth-order valence-corrected chi connectivity index (χ4v) is 3.80. The predicted molar refractivity (Wildman–Crippen MR) is 120 cm³/mol. The van der Waals surface area contributed by atoms with Crippen molar-refractivity contribution in [3.63, 3.8) is 0 Å². The lowest BCUT2D eigenvalue weighted by Crippen LogP contribution is -2.50. The molecule has 2 aromatic carbocycles. The van der Waals surface area contributed by atoms with Crippen LogP contribution in [0, 0.1) is 11.6 Å². The second-order valence-corrected chi connectivity index (χ2v) is 7.56. The summed E-state index contributed by atoms with van der Waals surface area (Å²) in [7, 11) is 0. The summed E-state index contributed by atoms with van der Waals surface area (Å²) in [5, 5.41) is 3.05. The number of benzene rings is 2. The van der Waals surface area contributed by atoms with E-state index in [4.69, 9.17) is 4.74 Å². The number of fused-ring (bicyclic) bond motifs is 1. The van der Waals surface area contributed by atoms with Gasteiger partial charge in [-0.3, -0.25) is 4.98 Å². The molecule has 3 heterocycles. The first-order valence-electron chi connectivity index (χ1n) is 10.4. The highest BCUT2D eigenvalue weighted by molar-refractivity contribution is 6.01. The molecule has 4 aromatic rings. The van der Waals surface area contributed by atoms with E-state index in [9.17, 15) is 13.6 Å². The minimum absolute atomic E-state index is 0.156. The number of hydrogen-bond acceptors (Lipinski definition) is 5. The Morgan fingerprint density at radius 3 is 2.58 bits per heavy atom. The zero-order chi connectivity index (χ0) is 22.8. The van der Waals surface area contributed by atoms with Gasteiger partial charge in [-0.25, -0.2) is 18.6 Å². The minimum atomic E-state index is -0.702. The van der Waals surface area contributed by atoms with Gasteiger partial charge in [-0.05, 0) is 30.3 Å². The molecule has 2 N–H and O–H groups in total. The maximum Gasteiger partial charge on any atom is 0.322 e. The van der Waals surface area contributed by atoms with Crippen molar-refractivity contribution in [2.24, 2.45) is 0 Å². The van der Waals surface area contributed by atoms with E-state index in [1.807, 2.05) is 24.3 Å². The third kappa shape index (κ3) is 4.40. The Morgan fingerprint density at radius 2 is 1.85 bits per heavy atom. The van der Waals surface area contributed by atoms with Gasteiger partial charge in [0, 0.05) is 61.9 Å². The number of carbonyl (C=O) groups excluding carboxylic acids is 1. The van der Waals surface area contributed by atoms with Crippen molar-refractivity contribution in [2.75, 3.05) is 36.4 Å². The highest BCUT2D eigenvalue weighted by atomic mass is 19.1. The molecule has 1 aliphatic heterocycles. The molecule has 5 rings (SSSR count). The first kappa shape index (κ1) is 20.7. The van der Waals surface area contributed by atoms with Gasteiger partial charge < -0.3 is 24.8 Å². The minimum Gasteiger partial charge on any atom is -0.438 e. The molecule has 0 spiro atoms. The molecule has 168 valence electrons. The van der Waals surface area contributed by atoms with Crippen LogP contribution in [0.1, 0.15) is 0 Å². The molecule has 0 atom stereocenters. The summed E-state index contributed by atoms with van der Waals surface area (Å²) in [5.41, 5.74) is 1.52. The van der Waals surface area contributed by atoms with Gasteiger partial charge in [0.05, 0.1) is 17.4 Å². The Balaban J connectivity index is 1.18. The number of piperazine rings is 1. The van der Waals surface area contributed by atoms with E-state index >= 15 is 0 Å². The monoisotopic (exact) mass is 450 g/mol. The van der Waals surface area contributed by atoms with E-state index in [1.54, 1.807) is 23.5 Å². The number of aromatic amines is 1. The predicted octanol–water partition coefficient (Wildman–Crippen LogP) is 4.38. The van der Waals surface area contributed by atoms with Crippen molar-refractivity contribution in [2.45, 2.75) is 0 Å². The Morgan fingerprint density at radius 1 is 1.06 bits per heavy atom. The van der Waals surface area contributed by atoms with Crippen molar-refractivity contribution in [1.82, 2.24) is 19.9 Å². The van der Waals surface area contributed by atoms with E-state index in [-0.39, 0.29) is 11.5 Å². The molecule has 0 aliphatic carbocycles. The quantitative estimate of drug-likeness (QED) is 0.482. The molecule has 0 saturated carbocycles. The van der Waals surface area contributed by atoms with Crippen molar-refractivity contribution in [3.05, 3.63) is 72.8 Å². The van der Waals surface area contributed by atoms with E-state index in [2.05, 4.69) is 25.2 Å². The van der Waals surface area contributed by atoms with Gasteiger partial charge in [0.15, 0.2) is 0 Å². The summed E-state index contributed by atoms with van der Waals surface area (Å²) in [6, 6.07) is 9.31. The number of ether oxygens (including phenoxy) is 1. The SMILES string of the molecule is O=C(Nc1c[nH]c2c(F)cc(F)cc12)N1CCN(c2ccc(Oc3cnccn3)cc2)CC1. The van der Waals surface area contributed by atoms with Crippen LogP contribution in [0.15, 0.2) is 61.2 Å². The summed E-state index contributed by atoms with van der Waals surface area (Å²) in [5.74, 6) is -0.321. The number of rotatable bonds is 4. The van der Waals surface area contributed by atoms with Crippen molar-refractivity contribution in [3.8, 4) is 11.6 Å². The molecule has 1 saturated heterocycles. The van der Waals surface area contributed by atoms with Crippen LogP contribution in [-0.4, -0.2) is 52.1 Å². The van der Waals surface area contributed by atoms with Gasteiger partial charge in [-0.2, -0.15) is 0 Å². The molecule has 1 aliphatic rings. The van der Waals surface area contributed by atoms with Crippen molar-refractivity contribution in [1.29, 1.82) is 0 Å².